The van der Waals surface area contributed by atoms with Crippen LogP contribution in [0.2, 0.25) is 0 Å². The van der Waals surface area contributed by atoms with Crippen molar-refractivity contribution in [2.45, 2.75) is 0 Å². The van der Waals surface area contributed by atoms with Crippen LogP contribution in [0.15, 0.2) is 24.3 Å². The van der Waals surface area contributed by atoms with Crippen LogP contribution in [-0.4, -0.2) is 41.8 Å². The molecule has 0 aliphatic carbocycles. The van der Waals surface area contributed by atoms with Crippen LogP contribution < -0.4 is 16.0 Å². The number of phenolic OH excluding ortho intramolecular Hbond substituents is 1. The van der Waals surface area contributed by atoms with Crippen LogP contribution in [-0.2, 0) is 4.79 Å². The van der Waals surface area contributed by atoms with Gasteiger partial charge in [-0.2, -0.15) is 0 Å². The number of hydrogen-bond acceptors (Lipinski definition) is 4. The second-order valence-corrected chi connectivity index (χ2v) is 3.52. The van der Waals surface area contributed by atoms with E-state index in [-0.39, 0.29) is 18.8 Å². The Hall–Kier alpha value is -2.28. The maximum absolute atomic E-state index is 11.8. The number of nitrogens with one attached hydrogen (secondary N) is 1. The van der Waals surface area contributed by atoms with Gasteiger partial charge in [-0.3, -0.25) is 9.69 Å². The topological polar surface area (TPSA) is 116 Å². The zero-order valence-corrected chi connectivity index (χ0v) is 9.67. The van der Waals surface area contributed by atoms with Crippen molar-refractivity contribution in [1.29, 1.82) is 0 Å². The molecule has 0 unspecified atom stereocenters. The van der Waals surface area contributed by atoms with Gasteiger partial charge in [0.2, 0.25) is 0 Å². The van der Waals surface area contributed by atoms with E-state index in [4.69, 9.17) is 15.9 Å². The number of phenols is 1. The maximum Gasteiger partial charge on any atom is 0.323 e. The van der Waals surface area contributed by atoms with E-state index >= 15 is 0 Å². The quantitative estimate of drug-likeness (QED) is 0.587. The molecule has 98 valence electrons. The third-order valence-electron chi connectivity index (χ3n) is 2.12. The number of aromatic hydroxyl groups is 1. The summed E-state index contributed by atoms with van der Waals surface area (Å²) >= 11 is 0. The van der Waals surface area contributed by atoms with Crippen LogP contribution in [0.1, 0.15) is 0 Å². The van der Waals surface area contributed by atoms with Crippen LogP contribution in [0, 0.1) is 0 Å². The molecule has 18 heavy (non-hydrogen) atoms. The summed E-state index contributed by atoms with van der Waals surface area (Å²) in [5.41, 5.74) is 5.63. The largest absolute Gasteiger partial charge is 0.508 e. The van der Waals surface area contributed by atoms with Gasteiger partial charge in [-0.05, 0) is 24.3 Å². The number of carbonyl (C=O) groups is 2. The smallest absolute Gasteiger partial charge is 0.323 e. The van der Waals surface area contributed by atoms with Gasteiger partial charge in [0, 0.05) is 18.8 Å². The van der Waals surface area contributed by atoms with Gasteiger partial charge in [-0.25, -0.2) is 4.79 Å². The molecule has 7 nitrogen and oxygen atoms in total. The molecule has 7 heteroatoms. The van der Waals surface area contributed by atoms with Crippen molar-refractivity contribution in [3.8, 4) is 5.75 Å². The van der Waals surface area contributed by atoms with E-state index in [2.05, 4.69) is 5.32 Å². The molecule has 2 amide bonds. The third-order valence-corrected chi connectivity index (χ3v) is 2.12. The van der Waals surface area contributed by atoms with Crippen molar-refractivity contribution < 1.29 is 19.8 Å². The summed E-state index contributed by atoms with van der Waals surface area (Å²) in [7, 11) is 0. The van der Waals surface area contributed by atoms with Crippen LogP contribution in [0.25, 0.3) is 0 Å². The minimum absolute atomic E-state index is 0.0383. The Morgan fingerprint density at radius 1 is 1.28 bits per heavy atom. The molecule has 1 aromatic rings. The Balaban J connectivity index is 2.86. The molecule has 1 rings (SSSR count). The molecular weight excluding hydrogens is 238 g/mol. The van der Waals surface area contributed by atoms with Gasteiger partial charge in [0.05, 0.1) is 0 Å². The zero-order valence-electron chi connectivity index (χ0n) is 9.67. The summed E-state index contributed by atoms with van der Waals surface area (Å²) in [5.74, 6) is -1.10. The number of carbonyl (C=O) groups excluding carboxylic acids is 1. The Labute approximate surface area is 104 Å². The predicted molar refractivity (Wildman–Crippen MR) is 65.5 cm³/mol. The lowest BCUT2D eigenvalue weighted by atomic mass is 10.3. The molecule has 0 saturated carbocycles. The van der Waals surface area contributed by atoms with E-state index < -0.39 is 18.5 Å². The molecule has 0 aliphatic rings. The highest BCUT2D eigenvalue weighted by Crippen LogP contribution is 2.18. The molecule has 0 fully saturated rings. The molecule has 1 aromatic carbocycles. The van der Waals surface area contributed by atoms with E-state index in [9.17, 15) is 9.59 Å². The molecule has 0 saturated heterocycles. The number of urea groups is 1. The lowest BCUT2D eigenvalue weighted by Gasteiger charge is -2.21. The number of amides is 2. The predicted octanol–water partition coefficient (Wildman–Crippen LogP) is -0.0485. The van der Waals surface area contributed by atoms with Gasteiger partial charge in [-0.15, -0.1) is 0 Å². The van der Waals surface area contributed by atoms with Crippen LogP contribution in [0.4, 0.5) is 10.5 Å². The lowest BCUT2D eigenvalue weighted by Crippen LogP contribution is -2.44. The van der Waals surface area contributed by atoms with E-state index in [1.807, 2.05) is 0 Å². The molecule has 0 bridgehead atoms. The van der Waals surface area contributed by atoms with Crippen LogP contribution >= 0.6 is 0 Å². The molecule has 0 radical (unpaired) electrons. The number of aliphatic carboxylic acids is 1. The summed E-state index contributed by atoms with van der Waals surface area (Å²) in [6, 6.07) is 5.12. The minimum Gasteiger partial charge on any atom is -0.508 e. The van der Waals surface area contributed by atoms with Crippen molar-refractivity contribution in [3.63, 3.8) is 0 Å². The molecule has 0 spiro atoms. The number of hydrogen-bond donors (Lipinski definition) is 4. The van der Waals surface area contributed by atoms with Gasteiger partial charge in [0.1, 0.15) is 12.3 Å². The zero-order chi connectivity index (χ0) is 13.5. The van der Waals surface area contributed by atoms with Gasteiger partial charge < -0.3 is 21.3 Å². The number of carboxylic acid groups (broad SMARTS) is 1. The van der Waals surface area contributed by atoms with Crippen molar-refractivity contribution >= 4 is 17.7 Å². The number of nitrogens with two attached hydrogens (primary N) is 1. The Bertz CT molecular complexity index is 419. The molecule has 0 aliphatic heterocycles. The fourth-order valence-corrected chi connectivity index (χ4v) is 1.32. The minimum atomic E-state index is -1.13. The van der Waals surface area contributed by atoms with E-state index in [1.54, 1.807) is 0 Å². The summed E-state index contributed by atoms with van der Waals surface area (Å²) in [6.07, 6.45) is 0. The van der Waals surface area contributed by atoms with Gasteiger partial charge in [0.15, 0.2) is 0 Å². The van der Waals surface area contributed by atoms with Crippen LogP contribution in [0.5, 0.6) is 5.75 Å². The summed E-state index contributed by atoms with van der Waals surface area (Å²) in [4.78, 5) is 23.5. The second-order valence-electron chi connectivity index (χ2n) is 3.52. The highest BCUT2D eigenvalue weighted by Gasteiger charge is 2.18. The molecule has 0 heterocycles. The summed E-state index contributed by atoms with van der Waals surface area (Å²) in [5, 5.41) is 20.4. The number of benzene rings is 1. The van der Waals surface area contributed by atoms with Crippen LogP contribution in [0.3, 0.4) is 0 Å². The SMILES string of the molecule is NCCNC(=O)N(CC(=O)O)c1ccc(O)cc1. The Morgan fingerprint density at radius 2 is 1.89 bits per heavy atom. The molecule has 0 aromatic heterocycles. The number of carboxylic acids is 1. The molecule has 0 atom stereocenters. The number of nitrogens with zero attached hydrogens (tertiary/aromatic N) is 1. The summed E-state index contributed by atoms with van der Waals surface area (Å²) in [6.45, 7) is 0.0520. The Morgan fingerprint density at radius 3 is 2.39 bits per heavy atom. The fourth-order valence-electron chi connectivity index (χ4n) is 1.32. The van der Waals surface area contributed by atoms with Gasteiger partial charge >= 0.3 is 12.0 Å². The van der Waals surface area contributed by atoms with Crippen molar-refractivity contribution in [2.75, 3.05) is 24.5 Å². The molecular formula is C11H15N3O4. The third kappa shape index (κ3) is 3.95. The van der Waals surface area contributed by atoms with Crippen molar-refractivity contribution in [2.24, 2.45) is 5.73 Å². The summed E-state index contributed by atoms with van der Waals surface area (Å²) < 4.78 is 0. The first kappa shape index (κ1) is 13.8. The van der Waals surface area contributed by atoms with E-state index in [0.717, 1.165) is 4.90 Å². The highest BCUT2D eigenvalue weighted by molar-refractivity contribution is 5.96. The first-order chi connectivity index (χ1) is 8.54. The van der Waals surface area contributed by atoms with E-state index in [0.29, 0.717) is 5.69 Å². The Kier molecular flexibility index (Phi) is 4.94. The van der Waals surface area contributed by atoms with E-state index in [1.165, 1.54) is 24.3 Å². The second kappa shape index (κ2) is 6.45. The average molecular weight is 253 g/mol. The van der Waals surface area contributed by atoms with Crippen molar-refractivity contribution in [3.05, 3.63) is 24.3 Å². The fraction of sp³-hybridized carbons (Fsp3) is 0.273. The molecule has 5 N–H and O–H groups in total. The average Bonchev–Trinajstić information content (AvgIpc) is 2.34. The standard InChI is InChI=1S/C11H15N3O4/c12-5-6-13-11(18)14(7-10(16)17)8-1-3-9(15)4-2-8/h1-4,15H,5-7,12H2,(H,13,18)(H,16,17). The normalized spacial score (nSPS) is 9.83. The van der Waals surface area contributed by atoms with Crippen molar-refractivity contribution in [1.82, 2.24) is 5.32 Å². The lowest BCUT2D eigenvalue weighted by molar-refractivity contribution is -0.135. The first-order valence-electron chi connectivity index (χ1n) is 5.31. The number of anilines is 1. The monoisotopic (exact) mass is 253 g/mol. The number of rotatable bonds is 5. The van der Waals surface area contributed by atoms with Gasteiger partial charge in [0.25, 0.3) is 0 Å². The van der Waals surface area contributed by atoms with Gasteiger partial charge in [-0.1, -0.05) is 0 Å². The first-order valence-corrected chi connectivity index (χ1v) is 5.31. The maximum atomic E-state index is 11.8. The highest BCUT2D eigenvalue weighted by atomic mass is 16.4.